The standard InChI is InChI=1S/C23H25N7OS/c1-13-9-8-10-14(2)18(13)30-20(31)16-11-6-7-12-17(16)25-23(30)32-15(3)19-26-21(24)28-22(27-19)29(4)5/h6-12,15H,1-5H3,(H2,24,26,27,28)/t15-/m0/s1. The van der Waals surface area contributed by atoms with Crippen LogP contribution in [0, 0.1) is 13.8 Å². The molecule has 0 unspecified atom stereocenters. The van der Waals surface area contributed by atoms with Gasteiger partial charge in [0.2, 0.25) is 11.9 Å². The Morgan fingerprint density at radius 2 is 1.66 bits per heavy atom. The Kier molecular flexibility index (Phi) is 5.84. The predicted molar refractivity (Wildman–Crippen MR) is 130 cm³/mol. The molecule has 164 valence electrons. The first-order chi connectivity index (χ1) is 15.3. The van der Waals surface area contributed by atoms with Crippen molar-refractivity contribution in [2.45, 2.75) is 31.2 Å². The predicted octanol–water partition coefficient (Wildman–Crippen LogP) is 3.69. The minimum Gasteiger partial charge on any atom is -0.368 e. The van der Waals surface area contributed by atoms with E-state index in [1.807, 2.05) is 77.3 Å². The Bertz CT molecular complexity index is 1350. The second-order valence-electron chi connectivity index (χ2n) is 7.80. The number of anilines is 2. The molecule has 2 heterocycles. The lowest BCUT2D eigenvalue weighted by Crippen LogP contribution is -2.23. The molecule has 0 bridgehead atoms. The van der Waals surface area contributed by atoms with Gasteiger partial charge >= 0.3 is 0 Å². The van der Waals surface area contributed by atoms with Crippen molar-refractivity contribution in [3.63, 3.8) is 0 Å². The van der Waals surface area contributed by atoms with Gasteiger partial charge in [0, 0.05) is 14.1 Å². The molecule has 8 nitrogen and oxygen atoms in total. The maximum Gasteiger partial charge on any atom is 0.266 e. The van der Waals surface area contributed by atoms with Crippen LogP contribution in [0.2, 0.25) is 0 Å². The van der Waals surface area contributed by atoms with Gasteiger partial charge in [0.05, 0.1) is 21.8 Å². The Morgan fingerprint density at radius 1 is 0.969 bits per heavy atom. The van der Waals surface area contributed by atoms with Crippen LogP contribution in [-0.2, 0) is 0 Å². The molecule has 0 aliphatic heterocycles. The van der Waals surface area contributed by atoms with Crippen molar-refractivity contribution in [1.82, 2.24) is 24.5 Å². The highest BCUT2D eigenvalue weighted by molar-refractivity contribution is 7.99. The van der Waals surface area contributed by atoms with E-state index in [4.69, 9.17) is 10.7 Å². The minimum absolute atomic E-state index is 0.105. The van der Waals surface area contributed by atoms with E-state index in [-0.39, 0.29) is 16.8 Å². The molecular weight excluding hydrogens is 422 g/mol. The highest BCUT2D eigenvalue weighted by atomic mass is 32.2. The normalized spacial score (nSPS) is 12.2. The Balaban J connectivity index is 1.90. The summed E-state index contributed by atoms with van der Waals surface area (Å²) in [5.41, 5.74) is 9.30. The van der Waals surface area contributed by atoms with Crippen molar-refractivity contribution in [2.75, 3.05) is 24.7 Å². The van der Waals surface area contributed by atoms with E-state index in [1.165, 1.54) is 11.8 Å². The van der Waals surface area contributed by atoms with Crippen molar-refractivity contribution in [3.05, 3.63) is 69.8 Å². The van der Waals surface area contributed by atoms with Gasteiger partial charge in [-0.05, 0) is 44.0 Å². The molecule has 2 N–H and O–H groups in total. The summed E-state index contributed by atoms with van der Waals surface area (Å²) >= 11 is 1.42. The molecule has 0 aliphatic carbocycles. The van der Waals surface area contributed by atoms with Gasteiger partial charge in [-0.15, -0.1) is 0 Å². The van der Waals surface area contributed by atoms with Crippen molar-refractivity contribution in [2.24, 2.45) is 0 Å². The first-order valence-corrected chi connectivity index (χ1v) is 11.1. The van der Waals surface area contributed by atoms with Gasteiger partial charge in [-0.2, -0.15) is 15.0 Å². The van der Waals surface area contributed by atoms with E-state index in [1.54, 1.807) is 9.47 Å². The van der Waals surface area contributed by atoms with Gasteiger partial charge < -0.3 is 10.6 Å². The summed E-state index contributed by atoms with van der Waals surface area (Å²) in [6, 6.07) is 13.4. The Morgan fingerprint density at radius 3 is 2.34 bits per heavy atom. The van der Waals surface area contributed by atoms with Crippen LogP contribution in [-0.4, -0.2) is 38.6 Å². The topological polar surface area (TPSA) is 103 Å². The van der Waals surface area contributed by atoms with Crippen LogP contribution in [0.4, 0.5) is 11.9 Å². The fourth-order valence-electron chi connectivity index (χ4n) is 3.54. The average molecular weight is 448 g/mol. The quantitative estimate of drug-likeness (QED) is 0.365. The number of rotatable bonds is 5. The molecule has 0 fully saturated rings. The second kappa shape index (κ2) is 8.58. The molecule has 4 aromatic rings. The number of nitrogens with two attached hydrogens (primary N) is 1. The molecule has 2 aromatic heterocycles. The fraction of sp³-hybridized carbons (Fsp3) is 0.261. The van der Waals surface area contributed by atoms with E-state index in [9.17, 15) is 4.79 Å². The Labute approximate surface area is 190 Å². The molecule has 0 amide bonds. The van der Waals surface area contributed by atoms with Crippen LogP contribution in [0.15, 0.2) is 52.4 Å². The van der Waals surface area contributed by atoms with Crippen LogP contribution < -0.4 is 16.2 Å². The van der Waals surface area contributed by atoms with E-state index >= 15 is 0 Å². The highest BCUT2D eigenvalue weighted by Gasteiger charge is 2.21. The smallest absolute Gasteiger partial charge is 0.266 e. The summed E-state index contributed by atoms with van der Waals surface area (Å²) in [5, 5.41) is 0.929. The lowest BCUT2D eigenvalue weighted by molar-refractivity contribution is 0.797. The number of hydrogen-bond acceptors (Lipinski definition) is 8. The van der Waals surface area contributed by atoms with Crippen molar-refractivity contribution >= 4 is 34.6 Å². The van der Waals surface area contributed by atoms with Crippen LogP contribution in [0.1, 0.15) is 29.1 Å². The minimum atomic E-state index is -0.220. The van der Waals surface area contributed by atoms with Crippen LogP contribution in [0.5, 0.6) is 0 Å². The number of para-hydroxylation sites is 2. The lowest BCUT2D eigenvalue weighted by atomic mass is 10.1. The first-order valence-electron chi connectivity index (χ1n) is 10.2. The third-order valence-corrected chi connectivity index (χ3v) is 6.16. The third kappa shape index (κ3) is 4.03. The maximum atomic E-state index is 13.6. The second-order valence-corrected chi connectivity index (χ2v) is 9.11. The van der Waals surface area contributed by atoms with Gasteiger partial charge in [0.1, 0.15) is 5.82 Å². The highest BCUT2D eigenvalue weighted by Crippen LogP contribution is 2.34. The SMILES string of the molecule is Cc1cccc(C)c1-n1c(S[C@@H](C)c2nc(N)nc(N(C)C)n2)nc2ccccc2c1=O. The van der Waals surface area contributed by atoms with Crippen LogP contribution in [0.25, 0.3) is 16.6 Å². The number of nitrogens with zero attached hydrogens (tertiary/aromatic N) is 6. The Hall–Kier alpha value is -3.46. The molecule has 0 saturated heterocycles. The molecular formula is C23H25N7OS. The number of thioether (sulfide) groups is 1. The van der Waals surface area contributed by atoms with E-state index < -0.39 is 0 Å². The summed E-state index contributed by atoms with van der Waals surface area (Å²) in [6.07, 6.45) is 0. The molecule has 0 spiro atoms. The number of hydrogen-bond donors (Lipinski definition) is 1. The molecule has 32 heavy (non-hydrogen) atoms. The first kappa shape index (κ1) is 21.8. The van der Waals surface area contributed by atoms with Crippen LogP contribution >= 0.6 is 11.8 Å². The summed E-state index contributed by atoms with van der Waals surface area (Å²) in [5.74, 6) is 1.17. The number of benzene rings is 2. The van der Waals surface area contributed by atoms with Gasteiger partial charge in [-0.3, -0.25) is 9.36 Å². The summed E-state index contributed by atoms with van der Waals surface area (Å²) < 4.78 is 1.70. The summed E-state index contributed by atoms with van der Waals surface area (Å²) in [4.78, 5) is 33.3. The number of nitrogen functional groups attached to an aromatic ring is 1. The van der Waals surface area contributed by atoms with Crippen molar-refractivity contribution in [1.29, 1.82) is 0 Å². The summed E-state index contributed by atoms with van der Waals surface area (Å²) in [7, 11) is 3.69. The third-order valence-electron chi connectivity index (χ3n) is 5.11. The zero-order valence-electron chi connectivity index (χ0n) is 18.7. The van der Waals surface area contributed by atoms with E-state index in [0.717, 1.165) is 16.8 Å². The van der Waals surface area contributed by atoms with Gasteiger partial charge in [-0.25, -0.2) is 4.98 Å². The molecule has 0 aliphatic rings. The average Bonchev–Trinajstić information content (AvgIpc) is 2.75. The monoisotopic (exact) mass is 447 g/mol. The maximum absolute atomic E-state index is 13.6. The largest absolute Gasteiger partial charge is 0.368 e. The van der Waals surface area contributed by atoms with Gasteiger partial charge in [0.15, 0.2) is 5.16 Å². The molecule has 4 rings (SSSR count). The number of aryl methyl sites for hydroxylation is 2. The molecule has 1 atom stereocenters. The number of aromatic nitrogens is 5. The zero-order chi connectivity index (χ0) is 23.0. The fourth-order valence-corrected chi connectivity index (χ4v) is 4.49. The molecule has 0 radical (unpaired) electrons. The van der Waals surface area contributed by atoms with Gasteiger partial charge in [0.25, 0.3) is 5.56 Å². The van der Waals surface area contributed by atoms with Crippen LogP contribution in [0.3, 0.4) is 0 Å². The van der Waals surface area contributed by atoms with Gasteiger partial charge in [-0.1, -0.05) is 42.1 Å². The van der Waals surface area contributed by atoms with E-state index in [0.29, 0.717) is 27.8 Å². The lowest BCUT2D eigenvalue weighted by Gasteiger charge is -2.19. The number of fused-ring (bicyclic) bond motifs is 1. The zero-order valence-corrected chi connectivity index (χ0v) is 19.5. The molecule has 0 saturated carbocycles. The molecule has 9 heteroatoms. The van der Waals surface area contributed by atoms with E-state index in [2.05, 4.69) is 15.0 Å². The van der Waals surface area contributed by atoms with Crippen molar-refractivity contribution < 1.29 is 0 Å². The van der Waals surface area contributed by atoms with Crippen molar-refractivity contribution in [3.8, 4) is 5.69 Å². The summed E-state index contributed by atoms with van der Waals surface area (Å²) in [6.45, 7) is 5.96. The molecule has 2 aromatic carbocycles.